The van der Waals surface area contributed by atoms with Crippen molar-refractivity contribution in [3.8, 4) is 11.4 Å². The summed E-state index contributed by atoms with van der Waals surface area (Å²) in [4.78, 5) is 4.71. The highest BCUT2D eigenvalue weighted by Crippen LogP contribution is 2.28. The molecule has 2 aromatic heterocycles. The smallest absolute Gasteiger partial charge is 0.195 e. The van der Waals surface area contributed by atoms with Gasteiger partial charge in [0, 0.05) is 23.5 Å². The minimum Gasteiger partial charge on any atom is -0.300 e. The number of nitrogens with one attached hydrogen (secondary N) is 1. The summed E-state index contributed by atoms with van der Waals surface area (Å²) in [6.45, 7) is 4.94. The average molecular weight is 260 g/mol. The molecule has 2 heterocycles. The summed E-state index contributed by atoms with van der Waals surface area (Å²) in [5, 5.41) is 7.22. The van der Waals surface area contributed by atoms with Crippen LogP contribution in [0.3, 0.4) is 0 Å². The standard InChI is InChI=1S/C13H16N4S/c1-3-17-12(15-16-13(17)18)10-7-9-5-4-6-11(9)14-8(10)2/h7H,3-6H2,1-2H3,(H,16,18). The van der Waals surface area contributed by atoms with Crippen LogP contribution in [0.1, 0.15) is 30.3 Å². The van der Waals surface area contributed by atoms with E-state index in [9.17, 15) is 0 Å². The van der Waals surface area contributed by atoms with Gasteiger partial charge in [0.05, 0.1) is 0 Å². The van der Waals surface area contributed by atoms with Crippen LogP contribution >= 0.6 is 12.2 Å². The zero-order valence-corrected chi connectivity index (χ0v) is 11.5. The maximum atomic E-state index is 5.24. The highest BCUT2D eigenvalue weighted by molar-refractivity contribution is 7.71. The van der Waals surface area contributed by atoms with Crippen molar-refractivity contribution in [3.05, 3.63) is 27.8 Å². The second-order valence-electron chi connectivity index (χ2n) is 4.68. The van der Waals surface area contributed by atoms with Crippen molar-refractivity contribution in [1.82, 2.24) is 19.7 Å². The number of aryl methyl sites for hydroxylation is 3. The van der Waals surface area contributed by atoms with Crippen molar-refractivity contribution >= 4 is 12.2 Å². The summed E-state index contributed by atoms with van der Waals surface area (Å²) < 4.78 is 2.69. The van der Waals surface area contributed by atoms with E-state index in [-0.39, 0.29) is 0 Å². The molecule has 0 aromatic carbocycles. The molecule has 0 saturated carbocycles. The third-order valence-electron chi connectivity index (χ3n) is 3.56. The van der Waals surface area contributed by atoms with Crippen LogP contribution in [-0.2, 0) is 19.4 Å². The first-order valence-electron chi connectivity index (χ1n) is 6.35. The largest absolute Gasteiger partial charge is 0.300 e. The molecule has 1 aliphatic carbocycles. The van der Waals surface area contributed by atoms with E-state index in [1.54, 1.807) is 0 Å². The Bertz CT molecular complexity index is 653. The summed E-state index contributed by atoms with van der Waals surface area (Å²) in [6.07, 6.45) is 3.45. The number of rotatable bonds is 2. The lowest BCUT2D eigenvalue weighted by Crippen LogP contribution is -2.02. The summed E-state index contributed by atoms with van der Waals surface area (Å²) in [7, 11) is 0. The molecule has 0 aliphatic heterocycles. The second kappa shape index (κ2) is 4.31. The lowest BCUT2D eigenvalue weighted by Gasteiger charge is -2.09. The quantitative estimate of drug-likeness (QED) is 0.845. The van der Waals surface area contributed by atoms with Gasteiger partial charge < -0.3 is 4.57 Å². The van der Waals surface area contributed by atoms with Gasteiger partial charge in [-0.1, -0.05) is 0 Å². The minimum absolute atomic E-state index is 0.674. The Morgan fingerprint density at radius 1 is 1.44 bits per heavy atom. The average Bonchev–Trinajstić information content (AvgIpc) is 2.93. The Labute approximate surface area is 111 Å². The Balaban J connectivity index is 2.20. The fourth-order valence-corrected chi connectivity index (χ4v) is 2.88. The predicted molar refractivity (Wildman–Crippen MR) is 73.1 cm³/mol. The van der Waals surface area contributed by atoms with E-state index in [2.05, 4.69) is 23.2 Å². The van der Waals surface area contributed by atoms with Crippen LogP contribution in [0.5, 0.6) is 0 Å². The molecule has 18 heavy (non-hydrogen) atoms. The van der Waals surface area contributed by atoms with E-state index in [0.717, 1.165) is 36.5 Å². The number of hydrogen-bond acceptors (Lipinski definition) is 3. The highest BCUT2D eigenvalue weighted by Gasteiger charge is 2.18. The lowest BCUT2D eigenvalue weighted by atomic mass is 10.1. The van der Waals surface area contributed by atoms with Gasteiger partial charge in [0.2, 0.25) is 0 Å². The zero-order valence-electron chi connectivity index (χ0n) is 10.7. The molecule has 94 valence electrons. The molecule has 0 unspecified atom stereocenters. The van der Waals surface area contributed by atoms with Crippen LogP contribution in [-0.4, -0.2) is 19.7 Å². The maximum Gasteiger partial charge on any atom is 0.195 e. The molecule has 3 rings (SSSR count). The van der Waals surface area contributed by atoms with Crippen LogP contribution in [0.15, 0.2) is 6.07 Å². The van der Waals surface area contributed by atoms with Gasteiger partial charge >= 0.3 is 0 Å². The Morgan fingerprint density at radius 3 is 3.06 bits per heavy atom. The van der Waals surface area contributed by atoms with E-state index in [1.165, 1.54) is 17.7 Å². The molecule has 2 aromatic rings. The number of fused-ring (bicyclic) bond motifs is 1. The van der Waals surface area contributed by atoms with E-state index in [1.807, 2.05) is 11.5 Å². The van der Waals surface area contributed by atoms with Crippen molar-refractivity contribution in [2.75, 3.05) is 0 Å². The van der Waals surface area contributed by atoms with Crippen LogP contribution in [0.2, 0.25) is 0 Å². The van der Waals surface area contributed by atoms with Crippen molar-refractivity contribution in [2.45, 2.75) is 39.7 Å². The number of nitrogens with zero attached hydrogens (tertiary/aromatic N) is 3. The predicted octanol–water partition coefficient (Wildman–Crippen LogP) is 2.82. The molecule has 0 saturated heterocycles. The normalized spacial score (nSPS) is 13.9. The number of pyridine rings is 1. The summed E-state index contributed by atoms with van der Waals surface area (Å²) >= 11 is 5.24. The molecule has 0 amide bonds. The fraction of sp³-hybridized carbons (Fsp3) is 0.462. The van der Waals surface area contributed by atoms with E-state index >= 15 is 0 Å². The van der Waals surface area contributed by atoms with Crippen LogP contribution in [0.4, 0.5) is 0 Å². The summed E-state index contributed by atoms with van der Waals surface area (Å²) in [5.74, 6) is 0.905. The molecule has 0 radical (unpaired) electrons. The number of H-pyrrole nitrogens is 1. The van der Waals surface area contributed by atoms with Crippen molar-refractivity contribution in [3.63, 3.8) is 0 Å². The third-order valence-corrected chi connectivity index (χ3v) is 3.87. The summed E-state index contributed by atoms with van der Waals surface area (Å²) in [6, 6.07) is 2.24. The SMILES string of the molecule is CCn1c(-c2cc3c(nc2C)CCC3)n[nH]c1=S. The molecule has 1 aliphatic rings. The highest BCUT2D eigenvalue weighted by atomic mass is 32.1. The molecule has 0 spiro atoms. The monoisotopic (exact) mass is 260 g/mol. The fourth-order valence-electron chi connectivity index (χ4n) is 2.62. The molecule has 1 N–H and O–H groups in total. The van der Waals surface area contributed by atoms with Crippen molar-refractivity contribution < 1.29 is 0 Å². The first kappa shape index (κ1) is 11.6. The molecule has 4 nitrogen and oxygen atoms in total. The van der Waals surface area contributed by atoms with Crippen molar-refractivity contribution in [2.24, 2.45) is 0 Å². The second-order valence-corrected chi connectivity index (χ2v) is 5.06. The lowest BCUT2D eigenvalue weighted by molar-refractivity contribution is 0.754. The van der Waals surface area contributed by atoms with Gasteiger partial charge in [0.1, 0.15) is 0 Å². The number of aromatic amines is 1. The van der Waals surface area contributed by atoms with Gasteiger partial charge in [-0.25, -0.2) is 0 Å². The van der Waals surface area contributed by atoms with E-state index in [0.29, 0.717) is 4.77 Å². The van der Waals surface area contributed by atoms with Crippen LogP contribution in [0, 0.1) is 11.7 Å². The molecule has 0 fully saturated rings. The van der Waals surface area contributed by atoms with Gasteiger partial charge in [-0.3, -0.25) is 10.1 Å². The molecule has 0 bridgehead atoms. The number of hydrogen-bond donors (Lipinski definition) is 1. The Hall–Kier alpha value is -1.49. The maximum absolute atomic E-state index is 5.24. The molecule has 5 heteroatoms. The molecular formula is C13H16N4S. The zero-order chi connectivity index (χ0) is 12.7. The number of aromatic nitrogens is 4. The van der Waals surface area contributed by atoms with E-state index in [4.69, 9.17) is 17.2 Å². The van der Waals surface area contributed by atoms with Crippen LogP contribution in [0.25, 0.3) is 11.4 Å². The van der Waals surface area contributed by atoms with Crippen molar-refractivity contribution in [1.29, 1.82) is 0 Å². The van der Waals surface area contributed by atoms with Crippen LogP contribution < -0.4 is 0 Å². The van der Waals surface area contributed by atoms with Gasteiger partial charge in [-0.05, 0) is 57.0 Å². The molecule has 0 atom stereocenters. The first-order chi connectivity index (χ1) is 8.70. The first-order valence-corrected chi connectivity index (χ1v) is 6.76. The third kappa shape index (κ3) is 1.70. The van der Waals surface area contributed by atoms with Gasteiger partial charge in [-0.2, -0.15) is 5.10 Å². The Morgan fingerprint density at radius 2 is 2.28 bits per heavy atom. The Kier molecular flexibility index (Phi) is 2.78. The van der Waals surface area contributed by atoms with Gasteiger partial charge in [0.25, 0.3) is 0 Å². The summed E-state index contributed by atoms with van der Waals surface area (Å²) in [5.41, 5.74) is 4.77. The van der Waals surface area contributed by atoms with E-state index < -0.39 is 0 Å². The molecular weight excluding hydrogens is 244 g/mol. The van der Waals surface area contributed by atoms with Gasteiger partial charge in [0.15, 0.2) is 10.6 Å². The minimum atomic E-state index is 0.674. The van der Waals surface area contributed by atoms with Gasteiger partial charge in [-0.15, -0.1) is 0 Å². The topological polar surface area (TPSA) is 46.5 Å².